The van der Waals surface area contributed by atoms with Crippen LogP contribution in [0.4, 0.5) is 5.69 Å². The van der Waals surface area contributed by atoms with Gasteiger partial charge in [0.2, 0.25) is 0 Å². The van der Waals surface area contributed by atoms with Gasteiger partial charge in [0, 0.05) is 22.8 Å². The Bertz CT molecular complexity index is 1230. The first-order valence-electron chi connectivity index (χ1n) is 10.0. The van der Waals surface area contributed by atoms with Gasteiger partial charge in [-0.25, -0.2) is 8.42 Å². The van der Waals surface area contributed by atoms with Gasteiger partial charge in [0.1, 0.15) is 4.90 Å². The third-order valence-corrected chi connectivity index (χ3v) is 7.66. The fraction of sp³-hybridized carbons (Fsp3) is 0.208. The lowest BCUT2D eigenvalue weighted by molar-refractivity contribution is 0.0956. The van der Waals surface area contributed by atoms with E-state index in [1.54, 1.807) is 17.8 Å². The molecule has 0 radical (unpaired) electrons. The van der Waals surface area contributed by atoms with Gasteiger partial charge >= 0.3 is 0 Å². The molecule has 3 rings (SSSR count). The molecular weight excluding hydrogens is 464 g/mol. The summed E-state index contributed by atoms with van der Waals surface area (Å²) in [6.07, 6.45) is 0. The lowest BCUT2D eigenvalue weighted by Crippen LogP contribution is -2.26. The monoisotopic (exact) mass is 488 g/mol. The van der Waals surface area contributed by atoms with Crippen molar-refractivity contribution in [2.75, 3.05) is 17.0 Å². The first kappa shape index (κ1) is 24.2. The van der Waals surface area contributed by atoms with Crippen molar-refractivity contribution in [2.24, 2.45) is 0 Å². The number of aryl methyl sites for hydroxylation is 3. The maximum atomic E-state index is 13.0. The molecule has 0 atom stereocenters. The molecule has 8 heteroatoms. The van der Waals surface area contributed by atoms with E-state index in [9.17, 15) is 13.2 Å². The van der Waals surface area contributed by atoms with E-state index in [4.69, 9.17) is 11.6 Å². The Morgan fingerprint density at radius 2 is 1.62 bits per heavy atom. The fourth-order valence-corrected chi connectivity index (χ4v) is 5.38. The van der Waals surface area contributed by atoms with Crippen LogP contribution < -0.4 is 10.0 Å². The highest BCUT2D eigenvalue weighted by Crippen LogP contribution is 2.27. The maximum absolute atomic E-state index is 13.0. The molecule has 3 aromatic carbocycles. The second kappa shape index (κ2) is 10.4. The Balaban J connectivity index is 1.68. The first-order valence-corrected chi connectivity index (χ1v) is 12.9. The number of benzene rings is 3. The largest absolute Gasteiger partial charge is 0.351 e. The number of hydrogen-bond acceptors (Lipinski definition) is 4. The molecule has 0 aromatic heterocycles. The van der Waals surface area contributed by atoms with Crippen molar-refractivity contribution in [1.29, 1.82) is 0 Å². The molecule has 0 heterocycles. The van der Waals surface area contributed by atoms with Crippen molar-refractivity contribution in [3.8, 4) is 0 Å². The number of rotatable bonds is 8. The van der Waals surface area contributed by atoms with E-state index in [0.717, 1.165) is 16.0 Å². The summed E-state index contributed by atoms with van der Waals surface area (Å²) in [7, 11) is -3.97. The number of nitrogens with one attached hydrogen (secondary N) is 2. The summed E-state index contributed by atoms with van der Waals surface area (Å²) in [4.78, 5) is 13.6. The topological polar surface area (TPSA) is 75.3 Å². The van der Waals surface area contributed by atoms with E-state index in [-0.39, 0.29) is 21.4 Å². The molecule has 0 spiro atoms. The van der Waals surface area contributed by atoms with Gasteiger partial charge in [-0.2, -0.15) is 0 Å². The van der Waals surface area contributed by atoms with Crippen LogP contribution >= 0.6 is 23.4 Å². The Hall–Kier alpha value is -2.48. The number of thioether (sulfide) groups is 1. The molecule has 3 aromatic rings. The van der Waals surface area contributed by atoms with Crippen molar-refractivity contribution in [3.63, 3.8) is 0 Å². The van der Waals surface area contributed by atoms with Gasteiger partial charge < -0.3 is 5.32 Å². The van der Waals surface area contributed by atoms with Gasteiger partial charge in [-0.05, 0) is 68.3 Å². The van der Waals surface area contributed by atoms with Gasteiger partial charge in [-0.15, -0.1) is 11.8 Å². The lowest BCUT2D eigenvalue weighted by atomic mass is 10.1. The third-order valence-electron chi connectivity index (χ3n) is 4.80. The highest BCUT2D eigenvalue weighted by atomic mass is 35.5. The van der Waals surface area contributed by atoms with Gasteiger partial charge in [-0.1, -0.05) is 41.4 Å². The van der Waals surface area contributed by atoms with Crippen molar-refractivity contribution in [3.05, 3.63) is 87.9 Å². The number of carbonyl (C=O) groups is 1. The number of halogens is 1. The summed E-state index contributed by atoms with van der Waals surface area (Å²) in [5.41, 5.74) is 3.62. The second-order valence-corrected chi connectivity index (χ2v) is 10.7. The van der Waals surface area contributed by atoms with E-state index in [2.05, 4.69) is 10.0 Å². The zero-order valence-corrected chi connectivity index (χ0v) is 20.5. The average molecular weight is 489 g/mol. The van der Waals surface area contributed by atoms with Gasteiger partial charge in [0.05, 0.1) is 10.7 Å². The predicted octanol–water partition coefficient (Wildman–Crippen LogP) is 5.59. The minimum atomic E-state index is -3.97. The van der Waals surface area contributed by atoms with Crippen molar-refractivity contribution in [1.82, 2.24) is 5.32 Å². The van der Waals surface area contributed by atoms with E-state index in [0.29, 0.717) is 18.0 Å². The molecule has 0 saturated heterocycles. The minimum Gasteiger partial charge on any atom is -0.351 e. The van der Waals surface area contributed by atoms with E-state index in [1.807, 2.05) is 57.2 Å². The van der Waals surface area contributed by atoms with Crippen LogP contribution in [0.15, 0.2) is 70.5 Å². The smallest absolute Gasteiger partial charge is 0.263 e. The molecule has 0 fully saturated rings. The highest BCUT2D eigenvalue weighted by molar-refractivity contribution is 7.99. The van der Waals surface area contributed by atoms with E-state index >= 15 is 0 Å². The Kier molecular flexibility index (Phi) is 7.87. The zero-order chi connectivity index (χ0) is 23.3. The number of sulfonamides is 1. The van der Waals surface area contributed by atoms with Gasteiger partial charge in [-0.3, -0.25) is 9.52 Å². The average Bonchev–Trinajstić information content (AvgIpc) is 2.75. The lowest BCUT2D eigenvalue weighted by Gasteiger charge is -2.13. The van der Waals surface area contributed by atoms with Crippen molar-refractivity contribution < 1.29 is 13.2 Å². The molecule has 0 unspecified atom stereocenters. The number of hydrogen-bond donors (Lipinski definition) is 2. The fourth-order valence-electron chi connectivity index (χ4n) is 2.97. The maximum Gasteiger partial charge on any atom is 0.263 e. The molecule has 1 amide bonds. The van der Waals surface area contributed by atoms with Crippen LogP contribution in [0.1, 0.15) is 27.0 Å². The zero-order valence-electron chi connectivity index (χ0n) is 18.1. The predicted molar refractivity (Wildman–Crippen MR) is 132 cm³/mol. The molecule has 5 nitrogen and oxygen atoms in total. The molecule has 168 valence electrons. The van der Waals surface area contributed by atoms with E-state index in [1.165, 1.54) is 23.8 Å². The summed E-state index contributed by atoms with van der Waals surface area (Å²) in [5.74, 6) is 0.344. The number of carbonyl (C=O) groups excluding carboxylic acids is 1. The standard InChI is InChI=1S/C24H25ClN2O3S2/c1-16-5-9-20(10-6-16)31-13-12-26-24(28)19-8-11-21(25)23(15-19)32(29,30)27-22-14-17(2)4-7-18(22)3/h4-11,14-15,27H,12-13H2,1-3H3,(H,26,28). The summed E-state index contributed by atoms with van der Waals surface area (Å²) in [6, 6.07) is 17.9. The SMILES string of the molecule is Cc1ccc(SCCNC(=O)c2ccc(Cl)c(S(=O)(=O)Nc3cc(C)ccc3C)c2)cc1. The molecule has 0 saturated carbocycles. The van der Waals surface area contributed by atoms with Crippen LogP contribution in [0.2, 0.25) is 5.02 Å². The van der Waals surface area contributed by atoms with Crippen molar-refractivity contribution >= 4 is 45.0 Å². The summed E-state index contributed by atoms with van der Waals surface area (Å²) < 4.78 is 28.5. The van der Waals surface area contributed by atoms with Crippen LogP contribution in [-0.4, -0.2) is 26.6 Å². The van der Waals surface area contributed by atoms with Gasteiger partial charge in [0.25, 0.3) is 15.9 Å². The Morgan fingerprint density at radius 3 is 2.34 bits per heavy atom. The van der Waals surface area contributed by atoms with Crippen LogP contribution in [0.5, 0.6) is 0 Å². The number of anilines is 1. The second-order valence-electron chi connectivity index (χ2n) is 7.49. The van der Waals surface area contributed by atoms with Crippen LogP contribution in [-0.2, 0) is 10.0 Å². The summed E-state index contributed by atoms with van der Waals surface area (Å²) in [6.45, 7) is 6.18. The minimum absolute atomic E-state index is 0.0503. The highest BCUT2D eigenvalue weighted by Gasteiger charge is 2.21. The van der Waals surface area contributed by atoms with Gasteiger partial charge in [0.15, 0.2) is 0 Å². The Labute approximate surface area is 198 Å². The normalized spacial score (nSPS) is 11.2. The van der Waals surface area contributed by atoms with Crippen LogP contribution in [0.25, 0.3) is 0 Å². The summed E-state index contributed by atoms with van der Waals surface area (Å²) >= 11 is 7.81. The summed E-state index contributed by atoms with van der Waals surface area (Å²) in [5, 5.41) is 2.88. The first-order chi connectivity index (χ1) is 15.2. The Morgan fingerprint density at radius 1 is 0.938 bits per heavy atom. The van der Waals surface area contributed by atoms with Crippen LogP contribution in [0.3, 0.4) is 0 Å². The quantitative estimate of drug-likeness (QED) is 0.320. The molecule has 0 bridgehead atoms. The molecule has 0 aliphatic rings. The third kappa shape index (κ3) is 6.28. The van der Waals surface area contributed by atoms with Crippen molar-refractivity contribution in [2.45, 2.75) is 30.6 Å². The molecular formula is C24H25ClN2O3S2. The molecule has 2 N–H and O–H groups in total. The van der Waals surface area contributed by atoms with Crippen LogP contribution in [0, 0.1) is 20.8 Å². The van der Waals surface area contributed by atoms with E-state index < -0.39 is 10.0 Å². The molecule has 32 heavy (non-hydrogen) atoms. The molecule has 0 aliphatic carbocycles. The molecule has 0 aliphatic heterocycles. The number of amides is 1.